The van der Waals surface area contributed by atoms with E-state index in [1.807, 2.05) is 25.1 Å². The molecule has 0 saturated carbocycles. The quantitative estimate of drug-likeness (QED) is 0.796. The summed E-state index contributed by atoms with van der Waals surface area (Å²) in [6.45, 7) is 2.74. The van der Waals surface area contributed by atoms with Crippen molar-refractivity contribution in [1.29, 1.82) is 5.26 Å². The Morgan fingerprint density at radius 3 is 2.56 bits per heavy atom. The topological polar surface area (TPSA) is 44.1 Å². The maximum Gasteiger partial charge on any atom is 0.254 e. The standard InChI is InChI=1S/C12H13BrN2O/c1-2-8-15(9-7-14)12(16)10-3-5-11(13)6-4-10/h3-6H,2,8-9H2,1H3. The average molecular weight is 281 g/mol. The predicted octanol–water partition coefficient (Wildman–Crippen LogP) is 2.82. The molecular formula is C12H13BrN2O. The van der Waals surface area contributed by atoms with Gasteiger partial charge in [-0.2, -0.15) is 5.26 Å². The van der Waals surface area contributed by atoms with Crippen molar-refractivity contribution >= 4 is 21.8 Å². The van der Waals surface area contributed by atoms with Gasteiger partial charge in [0.25, 0.3) is 5.91 Å². The van der Waals surface area contributed by atoms with Gasteiger partial charge in [-0.25, -0.2) is 0 Å². The van der Waals surface area contributed by atoms with Gasteiger partial charge in [0.1, 0.15) is 6.54 Å². The fourth-order valence-corrected chi connectivity index (χ4v) is 1.65. The van der Waals surface area contributed by atoms with Crippen molar-refractivity contribution in [3.05, 3.63) is 34.3 Å². The van der Waals surface area contributed by atoms with Crippen molar-refractivity contribution in [3.8, 4) is 6.07 Å². The third-order valence-corrected chi connectivity index (χ3v) is 2.66. The Morgan fingerprint density at radius 1 is 1.44 bits per heavy atom. The average Bonchev–Trinajstić information content (AvgIpc) is 2.29. The van der Waals surface area contributed by atoms with Crippen molar-refractivity contribution in [1.82, 2.24) is 4.90 Å². The van der Waals surface area contributed by atoms with Gasteiger partial charge in [-0.1, -0.05) is 22.9 Å². The van der Waals surface area contributed by atoms with Crippen LogP contribution in [0.15, 0.2) is 28.7 Å². The van der Waals surface area contributed by atoms with Crippen LogP contribution in [-0.2, 0) is 0 Å². The summed E-state index contributed by atoms with van der Waals surface area (Å²) in [5, 5.41) is 8.65. The van der Waals surface area contributed by atoms with Crippen LogP contribution in [0.2, 0.25) is 0 Å². The molecule has 0 aliphatic rings. The number of hydrogen-bond donors (Lipinski definition) is 0. The molecule has 0 aliphatic heterocycles. The summed E-state index contributed by atoms with van der Waals surface area (Å²) in [6.07, 6.45) is 0.851. The lowest BCUT2D eigenvalue weighted by molar-refractivity contribution is 0.0776. The summed E-state index contributed by atoms with van der Waals surface area (Å²) in [4.78, 5) is 13.6. The zero-order chi connectivity index (χ0) is 12.0. The molecule has 0 unspecified atom stereocenters. The lowest BCUT2D eigenvalue weighted by Gasteiger charge is -2.18. The minimum Gasteiger partial charge on any atom is -0.325 e. The molecule has 1 aromatic carbocycles. The van der Waals surface area contributed by atoms with Gasteiger partial charge in [0.2, 0.25) is 0 Å². The van der Waals surface area contributed by atoms with Crippen LogP contribution in [-0.4, -0.2) is 23.9 Å². The fraction of sp³-hybridized carbons (Fsp3) is 0.333. The molecular weight excluding hydrogens is 268 g/mol. The van der Waals surface area contributed by atoms with E-state index < -0.39 is 0 Å². The number of hydrogen-bond acceptors (Lipinski definition) is 2. The summed E-state index contributed by atoms with van der Waals surface area (Å²) < 4.78 is 0.936. The summed E-state index contributed by atoms with van der Waals surface area (Å²) in [7, 11) is 0. The second-order valence-corrected chi connectivity index (χ2v) is 4.31. The van der Waals surface area contributed by atoms with Gasteiger partial charge >= 0.3 is 0 Å². The van der Waals surface area contributed by atoms with Crippen molar-refractivity contribution in [2.45, 2.75) is 13.3 Å². The minimum absolute atomic E-state index is 0.0871. The second kappa shape index (κ2) is 6.29. The van der Waals surface area contributed by atoms with E-state index in [4.69, 9.17) is 5.26 Å². The van der Waals surface area contributed by atoms with Gasteiger partial charge < -0.3 is 4.90 Å². The Hall–Kier alpha value is -1.34. The fourth-order valence-electron chi connectivity index (χ4n) is 1.38. The monoisotopic (exact) mass is 280 g/mol. The van der Waals surface area contributed by atoms with Crippen molar-refractivity contribution in [2.75, 3.05) is 13.1 Å². The van der Waals surface area contributed by atoms with Gasteiger partial charge in [-0.15, -0.1) is 0 Å². The van der Waals surface area contributed by atoms with Gasteiger partial charge in [-0.05, 0) is 30.7 Å². The number of nitrogens with zero attached hydrogens (tertiary/aromatic N) is 2. The molecule has 0 aromatic heterocycles. The maximum absolute atomic E-state index is 12.0. The molecule has 0 N–H and O–H groups in total. The molecule has 0 radical (unpaired) electrons. The van der Waals surface area contributed by atoms with E-state index in [1.165, 1.54) is 0 Å². The Morgan fingerprint density at radius 2 is 2.06 bits per heavy atom. The van der Waals surface area contributed by atoms with Crippen LogP contribution in [0.25, 0.3) is 0 Å². The van der Waals surface area contributed by atoms with E-state index in [0.717, 1.165) is 10.9 Å². The zero-order valence-electron chi connectivity index (χ0n) is 9.11. The lowest BCUT2D eigenvalue weighted by Crippen LogP contribution is -2.32. The minimum atomic E-state index is -0.0871. The number of nitriles is 1. The highest BCUT2D eigenvalue weighted by atomic mass is 79.9. The molecule has 1 rings (SSSR count). The summed E-state index contributed by atoms with van der Waals surface area (Å²) in [5.74, 6) is -0.0871. The zero-order valence-corrected chi connectivity index (χ0v) is 10.7. The van der Waals surface area contributed by atoms with Crippen molar-refractivity contribution in [3.63, 3.8) is 0 Å². The molecule has 0 heterocycles. The first kappa shape index (κ1) is 12.7. The van der Waals surface area contributed by atoms with Crippen LogP contribution in [0.3, 0.4) is 0 Å². The molecule has 16 heavy (non-hydrogen) atoms. The number of halogens is 1. The normalized spacial score (nSPS) is 9.56. The predicted molar refractivity (Wildman–Crippen MR) is 65.9 cm³/mol. The molecule has 1 amide bonds. The lowest BCUT2D eigenvalue weighted by atomic mass is 10.2. The first-order valence-corrected chi connectivity index (χ1v) is 5.90. The van der Waals surface area contributed by atoms with Gasteiger partial charge in [-0.3, -0.25) is 4.79 Å². The van der Waals surface area contributed by atoms with Crippen LogP contribution >= 0.6 is 15.9 Å². The maximum atomic E-state index is 12.0. The smallest absolute Gasteiger partial charge is 0.254 e. The molecule has 4 heteroatoms. The van der Waals surface area contributed by atoms with E-state index in [2.05, 4.69) is 15.9 Å². The van der Waals surface area contributed by atoms with E-state index in [1.54, 1.807) is 17.0 Å². The van der Waals surface area contributed by atoms with Gasteiger partial charge in [0.15, 0.2) is 0 Å². The van der Waals surface area contributed by atoms with E-state index >= 15 is 0 Å². The number of amides is 1. The molecule has 0 atom stereocenters. The highest BCUT2D eigenvalue weighted by Gasteiger charge is 2.13. The van der Waals surface area contributed by atoms with E-state index in [0.29, 0.717) is 12.1 Å². The van der Waals surface area contributed by atoms with Crippen molar-refractivity contribution in [2.24, 2.45) is 0 Å². The van der Waals surface area contributed by atoms with Crippen LogP contribution in [0.5, 0.6) is 0 Å². The Bertz CT molecular complexity index is 394. The highest BCUT2D eigenvalue weighted by molar-refractivity contribution is 9.10. The first-order valence-electron chi connectivity index (χ1n) is 5.10. The van der Waals surface area contributed by atoms with Crippen LogP contribution in [0.4, 0.5) is 0 Å². The molecule has 0 saturated heterocycles. The third-order valence-electron chi connectivity index (χ3n) is 2.13. The first-order chi connectivity index (χ1) is 7.69. The second-order valence-electron chi connectivity index (χ2n) is 3.39. The SMILES string of the molecule is CCCN(CC#N)C(=O)c1ccc(Br)cc1. The third kappa shape index (κ3) is 3.35. The molecule has 0 aliphatic carbocycles. The molecule has 0 fully saturated rings. The van der Waals surface area contributed by atoms with E-state index in [9.17, 15) is 4.79 Å². The molecule has 1 aromatic rings. The summed E-state index contributed by atoms with van der Waals surface area (Å²) >= 11 is 3.32. The van der Waals surface area contributed by atoms with Gasteiger partial charge in [0.05, 0.1) is 6.07 Å². The van der Waals surface area contributed by atoms with Crippen molar-refractivity contribution < 1.29 is 4.79 Å². The number of carbonyl (C=O) groups is 1. The number of rotatable bonds is 4. The summed E-state index contributed by atoms with van der Waals surface area (Å²) in [6, 6.07) is 9.17. The Kier molecular flexibility index (Phi) is 5.00. The molecule has 84 valence electrons. The molecule has 3 nitrogen and oxygen atoms in total. The number of benzene rings is 1. The van der Waals surface area contributed by atoms with Crippen LogP contribution in [0.1, 0.15) is 23.7 Å². The Labute approximate surface area is 104 Å². The van der Waals surface area contributed by atoms with Gasteiger partial charge in [0, 0.05) is 16.6 Å². The van der Waals surface area contributed by atoms with Crippen LogP contribution in [0, 0.1) is 11.3 Å². The van der Waals surface area contributed by atoms with Crippen LogP contribution < -0.4 is 0 Å². The molecule has 0 bridgehead atoms. The largest absolute Gasteiger partial charge is 0.325 e. The number of carbonyl (C=O) groups excluding carboxylic acids is 1. The highest BCUT2D eigenvalue weighted by Crippen LogP contribution is 2.12. The van der Waals surface area contributed by atoms with E-state index in [-0.39, 0.29) is 12.5 Å². The Balaban J connectivity index is 2.82. The molecule has 0 spiro atoms. The summed E-state index contributed by atoms with van der Waals surface area (Å²) in [5.41, 5.74) is 0.618.